The van der Waals surface area contributed by atoms with Crippen LogP contribution in [0, 0.1) is 5.82 Å². The molecule has 0 aliphatic heterocycles. The number of ether oxygens (including phenoxy) is 1. The van der Waals surface area contributed by atoms with Crippen LogP contribution < -0.4 is 10.5 Å². The highest BCUT2D eigenvalue weighted by Gasteiger charge is 2.14. The van der Waals surface area contributed by atoms with Crippen LogP contribution in [0.25, 0.3) is 0 Å². The Kier molecular flexibility index (Phi) is 4.37. The first-order chi connectivity index (χ1) is 7.58. The van der Waals surface area contributed by atoms with Crippen molar-refractivity contribution < 1.29 is 14.3 Å². The third-order valence-electron chi connectivity index (χ3n) is 1.99. The van der Waals surface area contributed by atoms with Crippen LogP contribution >= 0.6 is 11.6 Å². The monoisotopic (exact) mass is 246 g/mol. The maximum atomic E-state index is 13.1. The lowest BCUT2D eigenvalue weighted by Crippen LogP contribution is -2.33. The van der Waals surface area contributed by atoms with Crippen molar-refractivity contribution in [3.05, 3.63) is 29.0 Å². The van der Waals surface area contributed by atoms with Gasteiger partial charge in [-0.1, -0.05) is 23.7 Å². The highest BCUT2D eigenvalue weighted by molar-refractivity contribution is 6.30. The summed E-state index contributed by atoms with van der Waals surface area (Å²) in [5.74, 6) is -0.355. The molecule has 1 aromatic rings. The molecule has 0 amide bonds. The fourth-order valence-corrected chi connectivity index (χ4v) is 1.25. The van der Waals surface area contributed by atoms with Crippen molar-refractivity contribution in [3.63, 3.8) is 0 Å². The van der Waals surface area contributed by atoms with E-state index in [1.165, 1.54) is 12.1 Å². The first kappa shape index (κ1) is 12.6. The van der Waals surface area contributed by atoms with Gasteiger partial charge in [0.05, 0.1) is 5.02 Å². The maximum Gasteiger partial charge on any atom is 0.180 e. The SMILES string of the molecule is CCC(Oc1ccc(Cl)c(F)c1)/C(N)=N/O. The third kappa shape index (κ3) is 3.00. The lowest BCUT2D eigenvalue weighted by Gasteiger charge is -2.15. The minimum atomic E-state index is -0.592. The summed E-state index contributed by atoms with van der Waals surface area (Å²) < 4.78 is 18.4. The summed E-state index contributed by atoms with van der Waals surface area (Å²) in [6.07, 6.45) is -0.0919. The molecule has 0 saturated heterocycles. The fourth-order valence-electron chi connectivity index (χ4n) is 1.13. The van der Waals surface area contributed by atoms with Gasteiger partial charge < -0.3 is 15.7 Å². The number of hydrogen-bond acceptors (Lipinski definition) is 3. The van der Waals surface area contributed by atoms with Gasteiger partial charge in [0.2, 0.25) is 0 Å². The minimum absolute atomic E-state index is 0.0178. The van der Waals surface area contributed by atoms with Crippen molar-refractivity contribution in [1.29, 1.82) is 0 Å². The van der Waals surface area contributed by atoms with E-state index in [0.717, 1.165) is 6.07 Å². The Balaban J connectivity index is 2.82. The summed E-state index contributed by atoms with van der Waals surface area (Å²) in [7, 11) is 0. The van der Waals surface area contributed by atoms with Crippen LogP contribution in [0.1, 0.15) is 13.3 Å². The molecule has 4 nitrogen and oxygen atoms in total. The van der Waals surface area contributed by atoms with Gasteiger partial charge in [0.15, 0.2) is 11.9 Å². The topological polar surface area (TPSA) is 67.8 Å². The summed E-state index contributed by atoms with van der Waals surface area (Å²) in [5, 5.41) is 11.4. The van der Waals surface area contributed by atoms with E-state index in [1.807, 2.05) is 0 Å². The van der Waals surface area contributed by atoms with Gasteiger partial charge in [-0.25, -0.2) is 4.39 Å². The van der Waals surface area contributed by atoms with E-state index >= 15 is 0 Å². The van der Waals surface area contributed by atoms with Gasteiger partial charge in [0.1, 0.15) is 11.6 Å². The summed E-state index contributed by atoms with van der Waals surface area (Å²) in [6.45, 7) is 1.80. The lowest BCUT2D eigenvalue weighted by atomic mass is 10.2. The summed E-state index contributed by atoms with van der Waals surface area (Å²) in [5.41, 5.74) is 5.40. The van der Waals surface area contributed by atoms with Crippen molar-refractivity contribution in [3.8, 4) is 5.75 Å². The molecule has 0 bridgehead atoms. The van der Waals surface area contributed by atoms with Crippen molar-refractivity contribution in [2.45, 2.75) is 19.4 Å². The fraction of sp³-hybridized carbons (Fsp3) is 0.300. The van der Waals surface area contributed by atoms with E-state index in [4.69, 9.17) is 27.3 Å². The smallest absolute Gasteiger partial charge is 0.180 e. The number of rotatable bonds is 4. The van der Waals surface area contributed by atoms with Gasteiger partial charge >= 0.3 is 0 Å². The zero-order valence-electron chi connectivity index (χ0n) is 8.65. The predicted molar refractivity (Wildman–Crippen MR) is 59.5 cm³/mol. The maximum absolute atomic E-state index is 13.1. The van der Waals surface area contributed by atoms with Crippen molar-refractivity contribution in [1.82, 2.24) is 0 Å². The van der Waals surface area contributed by atoms with Crippen LogP contribution in [-0.2, 0) is 0 Å². The lowest BCUT2D eigenvalue weighted by molar-refractivity contribution is 0.246. The van der Waals surface area contributed by atoms with E-state index in [0.29, 0.717) is 6.42 Å². The first-order valence-corrected chi connectivity index (χ1v) is 5.05. The molecule has 0 heterocycles. The molecule has 88 valence electrons. The average molecular weight is 247 g/mol. The number of halogens is 2. The molecule has 1 rings (SSSR count). The van der Waals surface area contributed by atoms with E-state index < -0.39 is 11.9 Å². The molecule has 1 aromatic carbocycles. The number of amidine groups is 1. The third-order valence-corrected chi connectivity index (χ3v) is 2.29. The first-order valence-electron chi connectivity index (χ1n) is 4.67. The molecule has 0 spiro atoms. The standard InChI is InChI=1S/C10H12ClFN2O2/c1-2-9(10(13)14-15)16-6-3-4-7(11)8(12)5-6/h3-5,9,15H,2H2,1H3,(H2,13,14). The van der Waals surface area contributed by atoms with E-state index in [2.05, 4.69) is 5.16 Å². The van der Waals surface area contributed by atoms with Crippen molar-refractivity contribution in [2.24, 2.45) is 10.9 Å². The predicted octanol–water partition coefficient (Wildman–Crippen LogP) is 2.38. The largest absolute Gasteiger partial charge is 0.482 e. The number of nitrogens with zero attached hydrogens (tertiary/aromatic N) is 1. The Labute approximate surface area is 97.5 Å². The van der Waals surface area contributed by atoms with Gasteiger partial charge in [-0.15, -0.1) is 0 Å². The van der Waals surface area contributed by atoms with Crippen molar-refractivity contribution in [2.75, 3.05) is 0 Å². The Morgan fingerprint density at radius 1 is 1.69 bits per heavy atom. The number of nitrogens with two attached hydrogens (primary N) is 1. The Hall–Kier alpha value is -1.49. The highest BCUT2D eigenvalue weighted by Crippen LogP contribution is 2.21. The van der Waals surface area contributed by atoms with Gasteiger partial charge in [-0.2, -0.15) is 0 Å². The summed E-state index contributed by atoms with van der Waals surface area (Å²) in [4.78, 5) is 0. The second-order valence-corrected chi connectivity index (χ2v) is 3.52. The minimum Gasteiger partial charge on any atom is -0.482 e. The number of benzene rings is 1. The summed E-state index contributed by atoms with van der Waals surface area (Å²) in [6, 6.07) is 4.04. The van der Waals surface area contributed by atoms with Gasteiger partial charge in [-0.3, -0.25) is 0 Å². The van der Waals surface area contributed by atoms with Gasteiger partial charge in [-0.05, 0) is 18.6 Å². The molecule has 16 heavy (non-hydrogen) atoms. The van der Waals surface area contributed by atoms with Crippen LogP contribution in [0.2, 0.25) is 5.02 Å². The van der Waals surface area contributed by atoms with E-state index in [-0.39, 0.29) is 16.6 Å². The molecule has 0 fully saturated rings. The van der Waals surface area contributed by atoms with Crippen LogP contribution in [-0.4, -0.2) is 17.1 Å². The zero-order valence-corrected chi connectivity index (χ0v) is 9.41. The molecule has 0 aromatic heterocycles. The molecule has 1 unspecified atom stereocenters. The quantitative estimate of drug-likeness (QED) is 0.371. The number of hydrogen-bond donors (Lipinski definition) is 2. The number of oxime groups is 1. The Morgan fingerprint density at radius 3 is 2.88 bits per heavy atom. The molecule has 0 saturated carbocycles. The zero-order chi connectivity index (χ0) is 12.1. The molecule has 6 heteroatoms. The normalized spacial score (nSPS) is 13.6. The Morgan fingerprint density at radius 2 is 2.38 bits per heavy atom. The molecule has 0 radical (unpaired) electrons. The van der Waals surface area contributed by atoms with E-state index in [9.17, 15) is 4.39 Å². The van der Waals surface area contributed by atoms with Crippen LogP contribution in [0.4, 0.5) is 4.39 Å². The Bertz CT molecular complexity index is 398. The second kappa shape index (κ2) is 5.55. The van der Waals surface area contributed by atoms with Gasteiger partial charge in [0.25, 0.3) is 0 Å². The second-order valence-electron chi connectivity index (χ2n) is 3.12. The molecule has 0 aliphatic carbocycles. The van der Waals surface area contributed by atoms with Crippen molar-refractivity contribution >= 4 is 17.4 Å². The van der Waals surface area contributed by atoms with Crippen LogP contribution in [0.15, 0.2) is 23.4 Å². The van der Waals surface area contributed by atoms with E-state index in [1.54, 1.807) is 6.92 Å². The molecule has 3 N–H and O–H groups in total. The average Bonchev–Trinajstić information content (AvgIpc) is 2.29. The van der Waals surface area contributed by atoms with Crippen LogP contribution in [0.3, 0.4) is 0 Å². The molecular formula is C10H12ClFN2O2. The van der Waals surface area contributed by atoms with Gasteiger partial charge in [0, 0.05) is 6.07 Å². The van der Waals surface area contributed by atoms with Crippen LogP contribution in [0.5, 0.6) is 5.75 Å². The molecule has 0 aliphatic rings. The molecular weight excluding hydrogens is 235 g/mol. The summed E-state index contributed by atoms with van der Waals surface area (Å²) >= 11 is 5.52. The molecule has 1 atom stereocenters. The highest BCUT2D eigenvalue weighted by atomic mass is 35.5.